The van der Waals surface area contributed by atoms with Gasteiger partial charge in [-0.1, -0.05) is 18.2 Å². The Bertz CT molecular complexity index is 1030. The Labute approximate surface area is 170 Å². The first kappa shape index (κ1) is 19.3. The van der Waals surface area contributed by atoms with E-state index in [2.05, 4.69) is 10.3 Å². The fraction of sp³-hybridized carbons (Fsp3) is 0.348. The second kappa shape index (κ2) is 8.17. The third-order valence-corrected chi connectivity index (χ3v) is 5.73. The average molecular weight is 393 g/mol. The number of carbonyl (C=O) groups is 1. The van der Waals surface area contributed by atoms with Gasteiger partial charge in [-0.05, 0) is 60.6 Å². The number of para-hydroxylation sites is 1. The van der Waals surface area contributed by atoms with Crippen LogP contribution >= 0.6 is 0 Å². The number of H-pyrrole nitrogens is 1. The smallest absolute Gasteiger partial charge is 0.237 e. The second-order valence-corrected chi connectivity index (χ2v) is 7.59. The van der Waals surface area contributed by atoms with Crippen LogP contribution in [-0.4, -0.2) is 37.2 Å². The first-order valence-electron chi connectivity index (χ1n) is 9.93. The van der Waals surface area contributed by atoms with E-state index in [1.165, 1.54) is 11.1 Å². The molecule has 152 valence electrons. The molecule has 0 radical (unpaired) electrons. The molecule has 0 spiro atoms. The monoisotopic (exact) mass is 393 g/mol. The molecule has 0 bridgehead atoms. The summed E-state index contributed by atoms with van der Waals surface area (Å²) in [5.41, 5.74) is 10.8. The SMILES string of the molecule is COc1cc2c(cc1OC)CC(NC(=O)[C@@H](N)Cc1c[nH]c3ccccc13)CC2. The van der Waals surface area contributed by atoms with E-state index in [0.717, 1.165) is 41.5 Å². The number of aryl methyl sites for hydroxylation is 1. The van der Waals surface area contributed by atoms with Crippen molar-refractivity contribution in [3.8, 4) is 11.5 Å². The highest BCUT2D eigenvalue weighted by Gasteiger charge is 2.25. The van der Waals surface area contributed by atoms with Crippen molar-refractivity contribution < 1.29 is 14.3 Å². The van der Waals surface area contributed by atoms with Gasteiger partial charge in [0.25, 0.3) is 0 Å². The number of amides is 1. The fourth-order valence-corrected chi connectivity index (χ4v) is 4.14. The Balaban J connectivity index is 1.41. The number of hydrogen-bond acceptors (Lipinski definition) is 4. The van der Waals surface area contributed by atoms with Crippen LogP contribution in [-0.2, 0) is 24.1 Å². The molecule has 2 atom stereocenters. The molecule has 1 aromatic heterocycles. The Morgan fingerprint density at radius 2 is 1.93 bits per heavy atom. The number of aromatic nitrogens is 1. The van der Waals surface area contributed by atoms with Crippen molar-refractivity contribution in [1.82, 2.24) is 10.3 Å². The Morgan fingerprint density at radius 1 is 1.21 bits per heavy atom. The number of nitrogens with two attached hydrogens (primary N) is 1. The Kier molecular flexibility index (Phi) is 5.45. The van der Waals surface area contributed by atoms with Crippen LogP contribution in [0.25, 0.3) is 10.9 Å². The van der Waals surface area contributed by atoms with E-state index >= 15 is 0 Å². The van der Waals surface area contributed by atoms with Crippen LogP contribution < -0.4 is 20.5 Å². The third-order valence-electron chi connectivity index (χ3n) is 5.73. The summed E-state index contributed by atoms with van der Waals surface area (Å²) in [6, 6.07) is 11.6. The molecule has 1 unspecified atom stereocenters. The van der Waals surface area contributed by atoms with Gasteiger partial charge in [-0.25, -0.2) is 0 Å². The molecule has 2 aromatic carbocycles. The van der Waals surface area contributed by atoms with Crippen molar-refractivity contribution in [2.45, 2.75) is 37.8 Å². The van der Waals surface area contributed by atoms with Crippen molar-refractivity contribution in [3.63, 3.8) is 0 Å². The Morgan fingerprint density at radius 3 is 2.69 bits per heavy atom. The minimum absolute atomic E-state index is 0.0714. The molecule has 4 N–H and O–H groups in total. The van der Waals surface area contributed by atoms with Gasteiger partial charge in [0, 0.05) is 23.1 Å². The van der Waals surface area contributed by atoms with Crippen LogP contribution in [0.4, 0.5) is 0 Å². The predicted octanol–water partition coefficient (Wildman–Crippen LogP) is 2.73. The zero-order chi connectivity index (χ0) is 20.4. The van der Waals surface area contributed by atoms with Gasteiger partial charge in [-0.15, -0.1) is 0 Å². The fourth-order valence-electron chi connectivity index (χ4n) is 4.14. The highest BCUT2D eigenvalue weighted by molar-refractivity contribution is 5.86. The molecule has 0 saturated heterocycles. The second-order valence-electron chi connectivity index (χ2n) is 7.59. The number of carbonyl (C=O) groups excluding carboxylic acids is 1. The van der Waals surface area contributed by atoms with Gasteiger partial charge in [0.2, 0.25) is 5.91 Å². The molecular formula is C23H27N3O3. The largest absolute Gasteiger partial charge is 0.493 e. The maximum Gasteiger partial charge on any atom is 0.237 e. The van der Waals surface area contributed by atoms with Crippen molar-refractivity contribution in [1.29, 1.82) is 0 Å². The summed E-state index contributed by atoms with van der Waals surface area (Å²) in [5, 5.41) is 4.25. The van der Waals surface area contributed by atoms with Crippen LogP contribution in [0, 0.1) is 0 Å². The number of nitrogens with one attached hydrogen (secondary N) is 2. The molecule has 6 nitrogen and oxygen atoms in total. The Hall–Kier alpha value is -2.99. The van der Waals surface area contributed by atoms with Gasteiger partial charge in [0.1, 0.15) is 0 Å². The van der Waals surface area contributed by atoms with Crippen LogP contribution in [0.3, 0.4) is 0 Å². The summed E-state index contributed by atoms with van der Waals surface area (Å²) in [4.78, 5) is 16.0. The quantitative estimate of drug-likeness (QED) is 0.601. The zero-order valence-electron chi connectivity index (χ0n) is 16.8. The van der Waals surface area contributed by atoms with Gasteiger partial charge in [0.05, 0.1) is 20.3 Å². The normalized spacial score (nSPS) is 16.9. The lowest BCUT2D eigenvalue weighted by atomic mass is 9.87. The van der Waals surface area contributed by atoms with Crippen LogP contribution in [0.2, 0.25) is 0 Å². The van der Waals surface area contributed by atoms with E-state index in [9.17, 15) is 4.79 Å². The molecule has 0 aliphatic heterocycles. The van der Waals surface area contributed by atoms with Crippen molar-refractivity contribution in [2.75, 3.05) is 14.2 Å². The van der Waals surface area contributed by atoms with Crippen LogP contribution in [0.5, 0.6) is 11.5 Å². The van der Waals surface area contributed by atoms with Gasteiger partial charge < -0.3 is 25.5 Å². The summed E-state index contributed by atoms with van der Waals surface area (Å²) >= 11 is 0. The molecule has 3 aromatic rings. The molecule has 4 rings (SSSR count). The molecular weight excluding hydrogens is 366 g/mol. The number of ether oxygens (including phenoxy) is 2. The van der Waals surface area contributed by atoms with E-state index in [-0.39, 0.29) is 11.9 Å². The molecule has 1 aliphatic rings. The summed E-state index contributed by atoms with van der Waals surface area (Å²) in [5.74, 6) is 1.35. The number of fused-ring (bicyclic) bond motifs is 2. The van der Waals surface area contributed by atoms with E-state index in [1.54, 1.807) is 14.2 Å². The maximum atomic E-state index is 12.7. The third kappa shape index (κ3) is 3.93. The lowest BCUT2D eigenvalue weighted by Crippen LogP contribution is -2.48. The lowest BCUT2D eigenvalue weighted by Gasteiger charge is -2.27. The van der Waals surface area contributed by atoms with Crippen molar-refractivity contribution in [2.24, 2.45) is 5.73 Å². The topological polar surface area (TPSA) is 89.4 Å². The molecule has 0 saturated carbocycles. The summed E-state index contributed by atoms with van der Waals surface area (Å²) < 4.78 is 10.8. The number of hydrogen-bond donors (Lipinski definition) is 3. The zero-order valence-corrected chi connectivity index (χ0v) is 16.8. The summed E-state index contributed by atoms with van der Waals surface area (Å²) in [6.45, 7) is 0. The van der Waals surface area contributed by atoms with Gasteiger partial charge in [0.15, 0.2) is 11.5 Å². The molecule has 1 heterocycles. The molecule has 1 aliphatic carbocycles. The van der Waals surface area contributed by atoms with Gasteiger partial charge in [-0.2, -0.15) is 0 Å². The number of aromatic amines is 1. The van der Waals surface area contributed by atoms with E-state index < -0.39 is 6.04 Å². The summed E-state index contributed by atoms with van der Waals surface area (Å²) in [6.07, 6.45) is 4.98. The highest BCUT2D eigenvalue weighted by atomic mass is 16.5. The molecule has 29 heavy (non-hydrogen) atoms. The first-order valence-corrected chi connectivity index (χ1v) is 9.93. The average Bonchev–Trinajstić information content (AvgIpc) is 3.15. The van der Waals surface area contributed by atoms with E-state index in [1.807, 2.05) is 42.6 Å². The lowest BCUT2D eigenvalue weighted by molar-refractivity contribution is -0.123. The molecule has 0 fully saturated rings. The van der Waals surface area contributed by atoms with Gasteiger partial charge in [-0.3, -0.25) is 4.79 Å². The summed E-state index contributed by atoms with van der Waals surface area (Å²) in [7, 11) is 3.28. The molecule has 1 amide bonds. The van der Waals surface area contributed by atoms with Crippen LogP contribution in [0.15, 0.2) is 42.6 Å². The van der Waals surface area contributed by atoms with Crippen molar-refractivity contribution >= 4 is 16.8 Å². The maximum absolute atomic E-state index is 12.7. The molecule has 6 heteroatoms. The first-order chi connectivity index (χ1) is 14.1. The minimum Gasteiger partial charge on any atom is -0.493 e. The van der Waals surface area contributed by atoms with Gasteiger partial charge >= 0.3 is 0 Å². The minimum atomic E-state index is -0.582. The van der Waals surface area contributed by atoms with E-state index in [0.29, 0.717) is 12.2 Å². The van der Waals surface area contributed by atoms with Crippen LogP contribution in [0.1, 0.15) is 23.1 Å². The number of rotatable bonds is 6. The number of benzene rings is 2. The van der Waals surface area contributed by atoms with E-state index in [4.69, 9.17) is 15.2 Å². The highest BCUT2D eigenvalue weighted by Crippen LogP contribution is 2.34. The number of methoxy groups -OCH3 is 2. The predicted molar refractivity (Wildman–Crippen MR) is 113 cm³/mol. The van der Waals surface area contributed by atoms with Crippen molar-refractivity contribution in [3.05, 3.63) is 59.3 Å². The standard InChI is InChI=1S/C23H27N3O3/c1-28-21-11-14-7-8-17(9-15(14)12-22(21)29-2)26-23(27)19(24)10-16-13-25-20-6-4-3-5-18(16)20/h3-6,11-13,17,19,25H,7-10,24H2,1-2H3,(H,26,27)/t17?,19-/m0/s1.